The van der Waals surface area contributed by atoms with E-state index in [1.165, 1.54) is 0 Å². The number of nitrogens with zero attached hydrogens (tertiary/aromatic N) is 2. The number of halogens is 2. The van der Waals surface area contributed by atoms with Crippen LogP contribution in [0.25, 0.3) is 11.0 Å². The van der Waals surface area contributed by atoms with Crippen LogP contribution in [-0.2, 0) is 11.3 Å². The fraction of sp³-hybridized carbons (Fsp3) is 0.200. The van der Waals surface area contributed by atoms with Crippen LogP contribution in [0.4, 0.5) is 0 Å². The Labute approximate surface area is 103 Å². The number of fused-ring (bicyclic) bond motifs is 1. The SMILES string of the molecule is Cl.O=C(O)CCn1cc(Cl)c2cccnc21. The predicted octanol–water partition coefficient (Wildman–Crippen LogP) is 2.59. The first-order valence-electron chi connectivity index (χ1n) is 4.49. The van der Waals surface area contributed by atoms with E-state index >= 15 is 0 Å². The first kappa shape index (κ1) is 12.8. The van der Waals surface area contributed by atoms with Crippen molar-refractivity contribution in [3.05, 3.63) is 29.5 Å². The van der Waals surface area contributed by atoms with Crippen molar-refractivity contribution in [2.75, 3.05) is 0 Å². The molecule has 2 aromatic heterocycles. The number of carbonyl (C=O) groups is 1. The minimum absolute atomic E-state index is 0. The molecular formula is C10H10Cl2N2O2. The number of aryl methyl sites for hydroxylation is 1. The molecule has 0 amide bonds. The van der Waals surface area contributed by atoms with Gasteiger partial charge in [-0.15, -0.1) is 12.4 Å². The summed E-state index contributed by atoms with van der Waals surface area (Å²) in [5.41, 5.74) is 0.726. The highest BCUT2D eigenvalue weighted by Crippen LogP contribution is 2.23. The first-order chi connectivity index (χ1) is 7.18. The zero-order valence-electron chi connectivity index (χ0n) is 8.26. The fourth-order valence-corrected chi connectivity index (χ4v) is 1.73. The van der Waals surface area contributed by atoms with Crippen molar-refractivity contribution in [3.63, 3.8) is 0 Å². The van der Waals surface area contributed by atoms with Crippen molar-refractivity contribution in [2.24, 2.45) is 0 Å². The molecule has 0 atom stereocenters. The van der Waals surface area contributed by atoms with Gasteiger partial charge in [-0.05, 0) is 12.1 Å². The maximum absolute atomic E-state index is 10.4. The van der Waals surface area contributed by atoms with Gasteiger partial charge in [0.1, 0.15) is 5.65 Å². The summed E-state index contributed by atoms with van der Waals surface area (Å²) in [4.78, 5) is 14.6. The third-order valence-electron chi connectivity index (χ3n) is 2.15. The minimum atomic E-state index is -0.830. The summed E-state index contributed by atoms with van der Waals surface area (Å²) < 4.78 is 1.76. The van der Waals surface area contributed by atoms with Gasteiger partial charge < -0.3 is 9.67 Å². The molecule has 0 radical (unpaired) electrons. The quantitative estimate of drug-likeness (QED) is 0.923. The number of rotatable bonds is 3. The molecule has 0 bridgehead atoms. The smallest absolute Gasteiger partial charge is 0.305 e. The van der Waals surface area contributed by atoms with Gasteiger partial charge in [-0.2, -0.15) is 0 Å². The average molecular weight is 261 g/mol. The van der Waals surface area contributed by atoms with Gasteiger partial charge in [0.2, 0.25) is 0 Å². The largest absolute Gasteiger partial charge is 0.481 e. The summed E-state index contributed by atoms with van der Waals surface area (Å²) in [7, 11) is 0. The van der Waals surface area contributed by atoms with Crippen LogP contribution in [0.2, 0.25) is 5.02 Å². The lowest BCUT2D eigenvalue weighted by Crippen LogP contribution is -2.03. The summed E-state index contributed by atoms with van der Waals surface area (Å²) in [6.45, 7) is 0.384. The van der Waals surface area contributed by atoms with Gasteiger partial charge in [-0.25, -0.2) is 4.98 Å². The van der Waals surface area contributed by atoms with Crippen LogP contribution < -0.4 is 0 Å². The second-order valence-electron chi connectivity index (χ2n) is 3.19. The van der Waals surface area contributed by atoms with Crippen molar-refractivity contribution in [1.29, 1.82) is 0 Å². The molecule has 0 aliphatic rings. The van der Waals surface area contributed by atoms with E-state index in [4.69, 9.17) is 16.7 Å². The van der Waals surface area contributed by atoms with E-state index < -0.39 is 5.97 Å². The Bertz CT molecular complexity index is 510. The fourth-order valence-electron chi connectivity index (χ4n) is 1.47. The van der Waals surface area contributed by atoms with Crippen molar-refractivity contribution in [3.8, 4) is 0 Å². The maximum Gasteiger partial charge on any atom is 0.305 e. The molecule has 4 nitrogen and oxygen atoms in total. The van der Waals surface area contributed by atoms with Crippen molar-refractivity contribution < 1.29 is 9.90 Å². The van der Waals surface area contributed by atoms with Gasteiger partial charge in [0.15, 0.2) is 0 Å². The zero-order valence-corrected chi connectivity index (χ0v) is 9.83. The van der Waals surface area contributed by atoms with E-state index in [0.29, 0.717) is 11.6 Å². The van der Waals surface area contributed by atoms with Gasteiger partial charge in [-0.3, -0.25) is 4.79 Å². The molecule has 0 saturated carbocycles. The molecule has 2 heterocycles. The van der Waals surface area contributed by atoms with Gasteiger partial charge in [0, 0.05) is 24.3 Å². The Morgan fingerprint density at radius 2 is 2.31 bits per heavy atom. The Balaban J connectivity index is 0.00000128. The van der Waals surface area contributed by atoms with Crippen LogP contribution in [0.1, 0.15) is 6.42 Å². The number of aromatic nitrogens is 2. The number of aliphatic carboxylic acids is 1. The Morgan fingerprint density at radius 1 is 1.56 bits per heavy atom. The predicted molar refractivity (Wildman–Crippen MR) is 64.2 cm³/mol. The van der Waals surface area contributed by atoms with Gasteiger partial charge in [0.05, 0.1) is 11.4 Å². The molecule has 1 N–H and O–H groups in total. The van der Waals surface area contributed by atoms with Crippen LogP contribution in [0.3, 0.4) is 0 Å². The summed E-state index contributed by atoms with van der Waals surface area (Å²) >= 11 is 5.98. The number of hydrogen-bond acceptors (Lipinski definition) is 2. The molecule has 0 spiro atoms. The summed E-state index contributed by atoms with van der Waals surface area (Å²) in [5.74, 6) is -0.830. The molecule has 86 valence electrons. The van der Waals surface area contributed by atoms with E-state index in [1.54, 1.807) is 23.0 Å². The molecule has 2 rings (SSSR count). The third kappa shape index (κ3) is 2.46. The van der Waals surface area contributed by atoms with E-state index in [-0.39, 0.29) is 18.8 Å². The molecule has 0 unspecified atom stereocenters. The van der Waals surface area contributed by atoms with E-state index in [0.717, 1.165) is 11.0 Å². The average Bonchev–Trinajstić information content (AvgIpc) is 2.54. The number of hydrogen-bond donors (Lipinski definition) is 1. The van der Waals surface area contributed by atoms with Crippen LogP contribution in [0.15, 0.2) is 24.5 Å². The van der Waals surface area contributed by atoms with Crippen LogP contribution in [-0.4, -0.2) is 20.6 Å². The Hall–Kier alpha value is -1.26. The van der Waals surface area contributed by atoms with Gasteiger partial charge in [0.25, 0.3) is 0 Å². The Kier molecular flexibility index (Phi) is 4.15. The monoisotopic (exact) mass is 260 g/mol. The van der Waals surface area contributed by atoms with E-state index in [2.05, 4.69) is 4.98 Å². The van der Waals surface area contributed by atoms with Crippen molar-refractivity contribution >= 4 is 41.0 Å². The molecule has 6 heteroatoms. The molecule has 0 fully saturated rings. The molecular weight excluding hydrogens is 251 g/mol. The number of pyridine rings is 1. The minimum Gasteiger partial charge on any atom is -0.481 e. The van der Waals surface area contributed by atoms with Gasteiger partial charge in [-0.1, -0.05) is 11.6 Å². The van der Waals surface area contributed by atoms with Crippen molar-refractivity contribution in [2.45, 2.75) is 13.0 Å². The molecule has 0 aliphatic carbocycles. The molecule has 16 heavy (non-hydrogen) atoms. The van der Waals surface area contributed by atoms with Crippen LogP contribution >= 0.6 is 24.0 Å². The van der Waals surface area contributed by atoms with Crippen LogP contribution in [0, 0.1) is 0 Å². The normalized spacial score (nSPS) is 10.1. The first-order valence-corrected chi connectivity index (χ1v) is 4.87. The Morgan fingerprint density at radius 3 is 3.00 bits per heavy atom. The summed E-state index contributed by atoms with van der Waals surface area (Å²) in [6.07, 6.45) is 3.44. The lowest BCUT2D eigenvalue weighted by Gasteiger charge is -2.00. The summed E-state index contributed by atoms with van der Waals surface area (Å²) in [5, 5.41) is 10.0. The second-order valence-corrected chi connectivity index (χ2v) is 3.60. The second kappa shape index (κ2) is 5.18. The highest BCUT2D eigenvalue weighted by molar-refractivity contribution is 6.35. The van der Waals surface area contributed by atoms with Crippen molar-refractivity contribution in [1.82, 2.24) is 9.55 Å². The summed E-state index contributed by atoms with van der Waals surface area (Å²) in [6, 6.07) is 3.66. The van der Waals surface area contributed by atoms with E-state index in [1.807, 2.05) is 6.07 Å². The maximum atomic E-state index is 10.4. The lowest BCUT2D eigenvalue weighted by atomic mass is 10.3. The third-order valence-corrected chi connectivity index (χ3v) is 2.45. The lowest BCUT2D eigenvalue weighted by molar-refractivity contribution is -0.137. The zero-order chi connectivity index (χ0) is 10.8. The molecule has 0 saturated heterocycles. The molecule has 0 aliphatic heterocycles. The molecule has 2 aromatic rings. The number of carboxylic acid groups (broad SMARTS) is 1. The molecule has 0 aromatic carbocycles. The topological polar surface area (TPSA) is 55.1 Å². The van der Waals surface area contributed by atoms with E-state index in [9.17, 15) is 4.79 Å². The highest BCUT2D eigenvalue weighted by Gasteiger charge is 2.07. The van der Waals surface area contributed by atoms with Crippen LogP contribution in [0.5, 0.6) is 0 Å². The standard InChI is InChI=1S/C10H9ClN2O2.ClH/c11-8-6-13(5-3-9(14)15)10-7(8)2-1-4-12-10;/h1-2,4,6H,3,5H2,(H,14,15);1H. The van der Waals surface area contributed by atoms with Gasteiger partial charge >= 0.3 is 5.97 Å². The number of carboxylic acids is 1. The highest BCUT2D eigenvalue weighted by atomic mass is 35.5.